The molecule has 2 aromatic carbocycles. The molecular weight excluding hydrogens is 607 g/mol. The van der Waals surface area contributed by atoms with Crippen molar-refractivity contribution in [2.75, 3.05) is 12.0 Å². The van der Waals surface area contributed by atoms with Gasteiger partial charge in [0.25, 0.3) is 0 Å². The molecule has 0 radical (unpaired) electrons. The number of hydrogen-bond acceptors (Lipinski definition) is 9. The van der Waals surface area contributed by atoms with Crippen LogP contribution in [0.1, 0.15) is 72.7 Å². The average molecular weight is 642 g/mol. The summed E-state index contributed by atoms with van der Waals surface area (Å²) in [5.41, 5.74) is 4.47. The number of rotatable bonds is 9. The molecule has 0 amide bonds. The van der Waals surface area contributed by atoms with Crippen LogP contribution in [0.15, 0.2) is 52.4 Å². The highest BCUT2D eigenvalue weighted by Crippen LogP contribution is 2.46. The second-order valence-electron chi connectivity index (χ2n) is 11.7. The van der Waals surface area contributed by atoms with Crippen molar-refractivity contribution < 1.29 is 36.7 Å². The summed E-state index contributed by atoms with van der Waals surface area (Å²) in [5, 5.41) is 7.14. The predicted molar refractivity (Wildman–Crippen MR) is 163 cm³/mol. The minimum Gasteiger partial charge on any atom is -0.465 e. The molecule has 1 saturated heterocycles. The molecule has 1 saturated carbocycles. The van der Waals surface area contributed by atoms with Gasteiger partial charge in [0.05, 0.1) is 31.1 Å². The first kappa shape index (κ1) is 31.1. The van der Waals surface area contributed by atoms with E-state index >= 15 is 0 Å². The number of alkyl halides is 3. The van der Waals surface area contributed by atoms with Gasteiger partial charge in [-0.25, -0.2) is 9.78 Å². The highest BCUT2D eigenvalue weighted by atomic mass is 32.1. The van der Waals surface area contributed by atoms with Crippen LogP contribution >= 0.6 is 11.3 Å². The van der Waals surface area contributed by atoms with Gasteiger partial charge in [0.1, 0.15) is 17.2 Å². The summed E-state index contributed by atoms with van der Waals surface area (Å²) in [4.78, 5) is 19.2. The molecule has 2 fully saturated rings. The van der Waals surface area contributed by atoms with Gasteiger partial charge in [-0.15, -0.1) is 24.5 Å². The second kappa shape index (κ2) is 12.5. The zero-order valence-electron chi connectivity index (χ0n) is 25.4. The van der Waals surface area contributed by atoms with Crippen LogP contribution in [0.5, 0.6) is 5.75 Å². The number of aromatic nitrogens is 2. The van der Waals surface area contributed by atoms with Crippen LogP contribution in [0.3, 0.4) is 0 Å². The number of nitrogens with zero attached hydrogens (tertiary/aromatic N) is 3. The van der Waals surface area contributed by atoms with Gasteiger partial charge in [-0.1, -0.05) is 23.4 Å². The normalized spacial score (nSPS) is 20.3. The van der Waals surface area contributed by atoms with Crippen LogP contribution in [0.2, 0.25) is 0 Å². The van der Waals surface area contributed by atoms with Crippen molar-refractivity contribution in [2.24, 2.45) is 0 Å². The fourth-order valence-electron chi connectivity index (χ4n) is 6.15. The molecule has 4 aromatic rings. The first-order chi connectivity index (χ1) is 21.5. The maximum atomic E-state index is 13.1. The minimum absolute atomic E-state index is 0.0738. The molecular formula is C33H34F3N3O5S. The Kier molecular flexibility index (Phi) is 8.62. The Labute approximate surface area is 263 Å². The number of para-hydroxylation sites is 1. The number of esters is 1. The Morgan fingerprint density at radius 3 is 2.49 bits per heavy atom. The third-order valence-corrected chi connectivity index (χ3v) is 9.25. The van der Waals surface area contributed by atoms with Crippen molar-refractivity contribution in [1.82, 2.24) is 10.1 Å². The second-order valence-corrected chi connectivity index (χ2v) is 12.6. The average Bonchev–Trinajstić information content (AvgIpc) is 3.57. The van der Waals surface area contributed by atoms with Crippen molar-refractivity contribution in [3.8, 4) is 28.3 Å². The van der Waals surface area contributed by atoms with E-state index in [1.165, 1.54) is 19.2 Å². The van der Waals surface area contributed by atoms with Crippen molar-refractivity contribution in [2.45, 2.75) is 83.5 Å². The topological polar surface area (TPSA) is 86.9 Å². The van der Waals surface area contributed by atoms with Crippen molar-refractivity contribution in [1.29, 1.82) is 0 Å². The number of halogens is 3. The highest BCUT2D eigenvalue weighted by Gasteiger charge is 2.37. The van der Waals surface area contributed by atoms with E-state index in [0.717, 1.165) is 47.6 Å². The first-order valence-corrected chi connectivity index (χ1v) is 15.8. The van der Waals surface area contributed by atoms with Gasteiger partial charge in [-0.3, -0.25) is 0 Å². The number of methoxy groups -OCH3 is 1. The van der Waals surface area contributed by atoms with E-state index in [9.17, 15) is 18.0 Å². The number of thiazole rings is 1. The summed E-state index contributed by atoms with van der Waals surface area (Å²) in [6.07, 6.45) is -1.52. The Morgan fingerprint density at radius 2 is 1.82 bits per heavy atom. The van der Waals surface area contributed by atoms with Gasteiger partial charge < -0.3 is 23.6 Å². The van der Waals surface area contributed by atoms with Gasteiger partial charge in [0.15, 0.2) is 5.13 Å². The molecule has 6 rings (SSSR count). The van der Waals surface area contributed by atoms with Crippen molar-refractivity contribution >= 4 is 22.4 Å². The molecule has 238 valence electrons. The number of benzene rings is 2. The van der Waals surface area contributed by atoms with Crippen LogP contribution in [0, 0.1) is 6.92 Å². The summed E-state index contributed by atoms with van der Waals surface area (Å²) in [5.74, 6) is 0.172. The molecule has 0 bridgehead atoms. The van der Waals surface area contributed by atoms with E-state index in [1.54, 1.807) is 29.5 Å². The predicted octanol–water partition coefficient (Wildman–Crippen LogP) is 8.30. The summed E-state index contributed by atoms with van der Waals surface area (Å²) < 4.78 is 60.7. The van der Waals surface area contributed by atoms with E-state index in [0.29, 0.717) is 22.6 Å². The van der Waals surface area contributed by atoms with E-state index in [1.807, 2.05) is 24.4 Å². The molecule has 45 heavy (non-hydrogen) atoms. The maximum Gasteiger partial charge on any atom is 0.573 e. The molecule has 12 heteroatoms. The van der Waals surface area contributed by atoms with Gasteiger partial charge in [0.2, 0.25) is 0 Å². The van der Waals surface area contributed by atoms with Crippen LogP contribution in [0.4, 0.5) is 18.3 Å². The summed E-state index contributed by atoms with van der Waals surface area (Å²) in [6, 6.07) is 11.7. The number of carbonyl (C=O) groups excluding carboxylic acids is 1. The molecule has 2 aliphatic rings. The number of anilines is 1. The van der Waals surface area contributed by atoms with Gasteiger partial charge in [-0.2, -0.15) is 0 Å². The number of aryl methyl sites for hydroxylation is 1. The molecule has 2 aromatic heterocycles. The maximum absolute atomic E-state index is 13.1. The first-order valence-electron chi connectivity index (χ1n) is 14.9. The quantitative estimate of drug-likeness (QED) is 0.169. The van der Waals surface area contributed by atoms with Crippen molar-refractivity contribution in [3.63, 3.8) is 0 Å². The largest absolute Gasteiger partial charge is 0.573 e. The van der Waals surface area contributed by atoms with Crippen LogP contribution in [-0.4, -0.2) is 47.8 Å². The zero-order valence-corrected chi connectivity index (χ0v) is 26.2. The van der Waals surface area contributed by atoms with Crippen LogP contribution in [-0.2, 0) is 16.1 Å². The Bertz CT molecular complexity index is 1670. The molecule has 1 aliphatic heterocycles. The molecule has 1 aliphatic carbocycles. The fourth-order valence-corrected chi connectivity index (χ4v) is 7.18. The smallest absolute Gasteiger partial charge is 0.465 e. The Balaban J connectivity index is 1.16. The minimum atomic E-state index is -4.83. The van der Waals surface area contributed by atoms with Gasteiger partial charge in [-0.05, 0) is 76.3 Å². The molecule has 3 atom stereocenters. The van der Waals surface area contributed by atoms with E-state index in [4.69, 9.17) is 19.0 Å². The molecule has 0 unspecified atom stereocenters. The summed E-state index contributed by atoms with van der Waals surface area (Å²) in [7, 11) is 1.36. The SMILES string of the molecule is COC(=O)c1ccc(-c2csc(N3[C@H](C)C[C@H](OCc4c(-c5ccccc5OC(F)(F)F)noc4C4CC4)C[C@@H]3C)n2)c(C)c1. The van der Waals surface area contributed by atoms with Crippen molar-refractivity contribution in [3.05, 3.63) is 70.3 Å². The lowest BCUT2D eigenvalue weighted by Crippen LogP contribution is -2.49. The van der Waals surface area contributed by atoms with E-state index in [-0.39, 0.29) is 48.0 Å². The lowest BCUT2D eigenvalue weighted by molar-refractivity contribution is -0.274. The molecule has 0 spiro atoms. The van der Waals surface area contributed by atoms with Crippen LogP contribution in [0.25, 0.3) is 22.5 Å². The molecule has 3 heterocycles. The van der Waals surface area contributed by atoms with Gasteiger partial charge in [0, 0.05) is 40.1 Å². The zero-order chi connectivity index (χ0) is 31.9. The molecule has 8 nitrogen and oxygen atoms in total. The fraction of sp³-hybridized carbons (Fsp3) is 0.424. The Hall–Kier alpha value is -3.90. The van der Waals surface area contributed by atoms with E-state index in [2.05, 4.69) is 28.6 Å². The third-order valence-electron chi connectivity index (χ3n) is 8.39. The number of hydrogen-bond donors (Lipinski definition) is 0. The highest BCUT2D eigenvalue weighted by molar-refractivity contribution is 7.14. The monoisotopic (exact) mass is 641 g/mol. The standard InChI is InChI=1S/C33H34F3N3O5S/c1-18-13-22(31(40)41-4)11-12-24(18)27-17-45-32(37-27)39-19(2)14-23(15-20(39)3)42-16-26-29(38-44-30(26)21-9-10-21)25-7-5-6-8-28(25)43-33(34,35)36/h5-8,11-13,17,19-21,23H,9-10,14-16H2,1-4H3/t19-,20+,23+. The number of ether oxygens (including phenoxy) is 3. The summed E-state index contributed by atoms with van der Waals surface area (Å²) in [6.45, 7) is 6.42. The lowest BCUT2D eigenvalue weighted by Gasteiger charge is -2.42. The molecule has 0 N–H and O–H groups in total. The van der Waals surface area contributed by atoms with Gasteiger partial charge >= 0.3 is 12.3 Å². The number of carbonyl (C=O) groups is 1. The number of piperidine rings is 1. The lowest BCUT2D eigenvalue weighted by atomic mass is 9.95. The Morgan fingerprint density at radius 1 is 1.09 bits per heavy atom. The van der Waals surface area contributed by atoms with E-state index < -0.39 is 6.36 Å². The van der Waals surface area contributed by atoms with Crippen LogP contribution < -0.4 is 9.64 Å². The summed E-state index contributed by atoms with van der Waals surface area (Å²) >= 11 is 1.58. The third kappa shape index (κ3) is 6.72.